The van der Waals surface area contributed by atoms with E-state index in [-0.39, 0.29) is 6.10 Å². The van der Waals surface area contributed by atoms with Gasteiger partial charge in [0, 0.05) is 12.8 Å². The molecule has 0 amide bonds. The van der Waals surface area contributed by atoms with E-state index in [2.05, 4.69) is 31.9 Å². The van der Waals surface area contributed by atoms with E-state index < -0.39 is 5.79 Å². The third-order valence-corrected chi connectivity index (χ3v) is 3.87. The maximum Gasteiger partial charge on any atom is 0.160 e. The molecule has 0 aromatic rings. The largest absolute Gasteiger partial charge is 0.366 e. The van der Waals surface area contributed by atoms with Gasteiger partial charge in [-0.2, -0.15) is 0 Å². The minimum absolute atomic E-state index is 0.147. The quantitative estimate of drug-likeness (QED) is 0.384. The van der Waals surface area contributed by atoms with Gasteiger partial charge in [-0.1, -0.05) is 39.0 Å². The van der Waals surface area contributed by atoms with Gasteiger partial charge in [0.2, 0.25) is 0 Å². The molecule has 0 aliphatic heterocycles. The van der Waals surface area contributed by atoms with Gasteiger partial charge >= 0.3 is 0 Å². The number of unbranched alkanes of at least 4 members (excludes halogenated alkanes) is 1. The van der Waals surface area contributed by atoms with Crippen LogP contribution in [-0.4, -0.2) is 17.0 Å². The smallest absolute Gasteiger partial charge is 0.160 e. The lowest BCUT2D eigenvalue weighted by Gasteiger charge is -2.30. The van der Waals surface area contributed by atoms with Crippen LogP contribution in [0.25, 0.3) is 0 Å². The Morgan fingerprint density at radius 2 is 1.73 bits per heavy atom. The van der Waals surface area contributed by atoms with Crippen molar-refractivity contribution in [2.45, 2.75) is 96.9 Å². The minimum atomic E-state index is -1.03. The van der Waals surface area contributed by atoms with Crippen molar-refractivity contribution in [1.82, 2.24) is 0 Å². The van der Waals surface area contributed by atoms with E-state index in [9.17, 15) is 5.11 Å². The second kappa shape index (κ2) is 12.7. The van der Waals surface area contributed by atoms with Gasteiger partial charge in [-0.05, 0) is 39.0 Å². The molecule has 2 nitrogen and oxygen atoms in total. The fraction of sp³-hybridized carbons (Fsp3) is 0.800. The zero-order valence-electron chi connectivity index (χ0n) is 15.0. The molecule has 22 heavy (non-hydrogen) atoms. The van der Waals surface area contributed by atoms with Crippen molar-refractivity contribution < 1.29 is 9.84 Å². The van der Waals surface area contributed by atoms with Crippen molar-refractivity contribution in [2.75, 3.05) is 0 Å². The van der Waals surface area contributed by atoms with Crippen molar-refractivity contribution in [2.24, 2.45) is 5.92 Å². The van der Waals surface area contributed by atoms with Crippen molar-refractivity contribution in [3.05, 3.63) is 13.2 Å². The highest BCUT2D eigenvalue weighted by Gasteiger charge is 2.24. The van der Waals surface area contributed by atoms with Gasteiger partial charge < -0.3 is 9.84 Å². The normalized spacial score (nSPS) is 16.9. The minimum Gasteiger partial charge on any atom is -0.366 e. The van der Waals surface area contributed by atoms with E-state index in [1.165, 1.54) is 32.1 Å². The monoisotopic (exact) mass is 308 g/mol. The first-order valence-corrected chi connectivity index (χ1v) is 8.87. The molecule has 128 valence electrons. The van der Waals surface area contributed by atoms with Gasteiger partial charge in [-0.15, -0.1) is 25.0 Å². The zero-order valence-corrected chi connectivity index (χ0v) is 15.0. The Kier molecular flexibility index (Phi) is 12.3. The molecule has 1 atom stereocenters. The van der Waals surface area contributed by atoms with Gasteiger partial charge in [0.15, 0.2) is 5.79 Å². The van der Waals surface area contributed by atoms with Gasteiger partial charge in [0.05, 0.1) is 6.10 Å². The van der Waals surface area contributed by atoms with E-state index in [0.29, 0.717) is 0 Å². The van der Waals surface area contributed by atoms with Crippen LogP contribution in [0.4, 0.5) is 0 Å². The SMILES string of the molecule is C=C.CCCC#CCC[C@@H](CC1CCCCC1)OC(C)(C)O. The van der Waals surface area contributed by atoms with E-state index >= 15 is 0 Å². The molecule has 0 bridgehead atoms. The third-order valence-electron chi connectivity index (χ3n) is 3.87. The summed E-state index contributed by atoms with van der Waals surface area (Å²) in [5, 5.41) is 9.90. The van der Waals surface area contributed by atoms with E-state index in [4.69, 9.17) is 4.74 Å². The summed E-state index contributed by atoms with van der Waals surface area (Å²) < 4.78 is 5.83. The summed E-state index contributed by atoms with van der Waals surface area (Å²) in [4.78, 5) is 0. The summed E-state index contributed by atoms with van der Waals surface area (Å²) in [6.07, 6.45) is 11.9. The molecule has 0 aromatic heterocycles. The van der Waals surface area contributed by atoms with Crippen LogP contribution in [0.2, 0.25) is 0 Å². The predicted octanol–water partition coefficient (Wildman–Crippen LogP) is 5.46. The summed E-state index contributed by atoms with van der Waals surface area (Å²) in [7, 11) is 0. The number of hydrogen-bond donors (Lipinski definition) is 1. The fourth-order valence-corrected chi connectivity index (χ4v) is 2.96. The fourth-order valence-electron chi connectivity index (χ4n) is 2.96. The molecular weight excluding hydrogens is 272 g/mol. The topological polar surface area (TPSA) is 29.5 Å². The first-order valence-electron chi connectivity index (χ1n) is 8.87. The maximum absolute atomic E-state index is 9.90. The summed E-state index contributed by atoms with van der Waals surface area (Å²) in [6, 6.07) is 0. The second-order valence-electron chi connectivity index (χ2n) is 6.57. The lowest BCUT2D eigenvalue weighted by atomic mass is 9.84. The maximum atomic E-state index is 9.90. The van der Waals surface area contributed by atoms with Crippen LogP contribution in [0.1, 0.15) is 85.0 Å². The highest BCUT2D eigenvalue weighted by atomic mass is 16.6. The molecule has 0 saturated heterocycles. The van der Waals surface area contributed by atoms with Gasteiger partial charge in [0.1, 0.15) is 0 Å². The Morgan fingerprint density at radius 1 is 1.14 bits per heavy atom. The first kappa shape index (κ1) is 21.2. The summed E-state index contributed by atoms with van der Waals surface area (Å²) in [5.41, 5.74) is 0. The van der Waals surface area contributed by atoms with Crippen molar-refractivity contribution in [3.8, 4) is 11.8 Å². The standard InChI is InChI=1S/C18H32O2.C2H4/c1-4-5-6-7-11-14-17(20-18(2,3)19)15-16-12-9-8-10-13-16;1-2/h16-17,19H,4-5,8-15H2,1-3H3;1-2H2/t17-;/m0./s1. The van der Waals surface area contributed by atoms with Gasteiger partial charge in [0.25, 0.3) is 0 Å². The van der Waals surface area contributed by atoms with E-state index in [1.54, 1.807) is 13.8 Å². The lowest BCUT2D eigenvalue weighted by molar-refractivity contribution is -0.210. The molecule has 0 unspecified atom stereocenters. The van der Waals surface area contributed by atoms with Crippen LogP contribution >= 0.6 is 0 Å². The molecule has 1 rings (SSSR count). The van der Waals surface area contributed by atoms with E-state index in [1.807, 2.05) is 0 Å². The predicted molar refractivity (Wildman–Crippen MR) is 95.5 cm³/mol. The first-order chi connectivity index (χ1) is 10.5. The summed E-state index contributed by atoms with van der Waals surface area (Å²) >= 11 is 0. The molecule has 0 aromatic carbocycles. The Hall–Kier alpha value is -0.780. The van der Waals surface area contributed by atoms with E-state index in [0.717, 1.165) is 38.0 Å². The molecular formula is C20H36O2. The molecule has 1 saturated carbocycles. The molecule has 1 fully saturated rings. The van der Waals surface area contributed by atoms with Crippen LogP contribution in [0.3, 0.4) is 0 Å². The summed E-state index contributed by atoms with van der Waals surface area (Å²) in [5.74, 6) is 6.16. The second-order valence-corrected chi connectivity index (χ2v) is 6.57. The van der Waals surface area contributed by atoms with Crippen molar-refractivity contribution in [3.63, 3.8) is 0 Å². The van der Waals surface area contributed by atoms with Crippen molar-refractivity contribution >= 4 is 0 Å². The Balaban J connectivity index is 0.00000211. The third kappa shape index (κ3) is 11.8. The Morgan fingerprint density at radius 3 is 2.27 bits per heavy atom. The van der Waals surface area contributed by atoms with Crippen LogP contribution in [-0.2, 0) is 4.74 Å². The average Bonchev–Trinajstić information content (AvgIpc) is 2.48. The highest BCUT2D eigenvalue weighted by Crippen LogP contribution is 2.30. The summed E-state index contributed by atoms with van der Waals surface area (Å²) in [6.45, 7) is 11.6. The Labute approximate surface area is 138 Å². The van der Waals surface area contributed by atoms with Gasteiger partial charge in [-0.25, -0.2) is 0 Å². The molecule has 1 aliphatic rings. The number of aliphatic hydroxyl groups is 1. The zero-order chi connectivity index (χ0) is 16.8. The molecule has 2 heteroatoms. The lowest BCUT2D eigenvalue weighted by Crippen LogP contribution is -2.31. The molecule has 0 radical (unpaired) electrons. The highest BCUT2D eigenvalue weighted by molar-refractivity contribution is 4.98. The Bertz CT molecular complexity index is 313. The van der Waals surface area contributed by atoms with Crippen LogP contribution in [0.5, 0.6) is 0 Å². The van der Waals surface area contributed by atoms with Gasteiger partial charge in [-0.3, -0.25) is 0 Å². The number of rotatable bonds is 7. The number of ether oxygens (including phenoxy) is 1. The molecule has 0 heterocycles. The van der Waals surface area contributed by atoms with Crippen LogP contribution < -0.4 is 0 Å². The molecule has 0 spiro atoms. The van der Waals surface area contributed by atoms with Crippen LogP contribution in [0, 0.1) is 17.8 Å². The van der Waals surface area contributed by atoms with Crippen molar-refractivity contribution in [1.29, 1.82) is 0 Å². The number of hydrogen-bond acceptors (Lipinski definition) is 2. The molecule has 1 N–H and O–H groups in total. The van der Waals surface area contributed by atoms with Crippen LogP contribution in [0.15, 0.2) is 13.2 Å². The molecule has 1 aliphatic carbocycles. The average molecular weight is 309 g/mol.